The molecule has 1 aromatic carbocycles. The van der Waals surface area contributed by atoms with Gasteiger partial charge >= 0.3 is 0 Å². The molecule has 0 saturated heterocycles. The number of rotatable bonds is 0. The van der Waals surface area contributed by atoms with Gasteiger partial charge in [0.2, 0.25) is 0 Å². The lowest BCUT2D eigenvalue weighted by Gasteiger charge is -2.49. The van der Waals surface area contributed by atoms with E-state index in [9.17, 15) is 5.26 Å². The quantitative estimate of drug-likeness (QED) is 0.770. The molecule has 3 atom stereocenters. The van der Waals surface area contributed by atoms with Crippen LogP contribution < -0.4 is 5.73 Å². The average molecular weight is 252 g/mol. The zero-order valence-corrected chi connectivity index (χ0v) is 11.8. The molecule has 0 bridgehead atoms. The van der Waals surface area contributed by atoms with Crippen LogP contribution in [-0.4, -0.2) is 0 Å². The van der Waals surface area contributed by atoms with Crippen molar-refractivity contribution in [1.29, 1.82) is 5.26 Å². The van der Waals surface area contributed by atoms with Crippen LogP contribution in [0.5, 0.6) is 0 Å². The van der Waals surface area contributed by atoms with E-state index in [1.54, 1.807) is 0 Å². The van der Waals surface area contributed by atoms with Crippen LogP contribution in [0.4, 0.5) is 0 Å². The number of fused-ring (bicyclic) bond motifs is 3. The minimum Gasteiger partial charge on any atom is -0.400 e. The first-order valence-electron chi connectivity index (χ1n) is 6.95. The fourth-order valence-corrected chi connectivity index (χ4v) is 4.26. The van der Waals surface area contributed by atoms with Crippen LogP contribution in [0.2, 0.25) is 0 Å². The Kier molecular flexibility index (Phi) is 2.35. The van der Waals surface area contributed by atoms with E-state index < -0.39 is 0 Å². The van der Waals surface area contributed by atoms with E-state index in [1.807, 2.05) is 0 Å². The van der Waals surface area contributed by atoms with Gasteiger partial charge in [0.25, 0.3) is 0 Å². The maximum Gasteiger partial charge on any atom is 0.0968 e. The Morgan fingerprint density at radius 2 is 2.00 bits per heavy atom. The van der Waals surface area contributed by atoms with Crippen molar-refractivity contribution >= 4 is 0 Å². The van der Waals surface area contributed by atoms with Gasteiger partial charge in [-0.3, -0.25) is 0 Å². The van der Waals surface area contributed by atoms with Crippen molar-refractivity contribution in [3.63, 3.8) is 0 Å². The number of aryl methyl sites for hydroxylation is 1. The van der Waals surface area contributed by atoms with Gasteiger partial charge in [-0.25, -0.2) is 0 Å². The average Bonchev–Trinajstić information content (AvgIpc) is 2.57. The summed E-state index contributed by atoms with van der Waals surface area (Å²) >= 11 is 0. The highest BCUT2D eigenvalue weighted by Crippen LogP contribution is 2.62. The number of benzene rings is 1. The van der Waals surface area contributed by atoms with Crippen LogP contribution in [-0.2, 0) is 11.8 Å². The largest absolute Gasteiger partial charge is 0.400 e. The Hall–Kier alpha value is -1.75. The van der Waals surface area contributed by atoms with Gasteiger partial charge in [0.15, 0.2) is 0 Å². The molecular formula is C17H20N2. The monoisotopic (exact) mass is 252 g/mol. The van der Waals surface area contributed by atoms with Crippen molar-refractivity contribution < 1.29 is 0 Å². The van der Waals surface area contributed by atoms with E-state index in [-0.39, 0.29) is 16.7 Å². The molecule has 98 valence electrons. The molecule has 0 fully saturated rings. The number of allylic oxidation sites excluding steroid dienone is 2. The Labute approximate surface area is 114 Å². The van der Waals surface area contributed by atoms with E-state index in [2.05, 4.69) is 51.1 Å². The van der Waals surface area contributed by atoms with Crippen LogP contribution in [0.15, 0.2) is 35.5 Å². The Bertz CT molecular complexity index is 622. The minimum atomic E-state index is -0.202. The van der Waals surface area contributed by atoms with E-state index >= 15 is 0 Å². The van der Waals surface area contributed by atoms with Gasteiger partial charge in [-0.15, -0.1) is 0 Å². The van der Waals surface area contributed by atoms with E-state index in [4.69, 9.17) is 5.73 Å². The summed E-state index contributed by atoms with van der Waals surface area (Å²) in [5.74, 6) is 0.232. The van der Waals surface area contributed by atoms with E-state index in [1.165, 1.54) is 11.1 Å². The van der Waals surface area contributed by atoms with Gasteiger partial charge in [0.05, 0.1) is 11.6 Å². The summed E-state index contributed by atoms with van der Waals surface area (Å²) in [4.78, 5) is 0. The van der Waals surface area contributed by atoms with Crippen LogP contribution in [0.1, 0.15) is 38.3 Å². The first-order chi connectivity index (χ1) is 8.96. The molecule has 0 heterocycles. The highest BCUT2D eigenvalue weighted by molar-refractivity contribution is 5.54. The fraction of sp³-hybridized carbons (Fsp3) is 0.471. The summed E-state index contributed by atoms with van der Waals surface area (Å²) in [5.41, 5.74) is 10.6. The normalized spacial score (nSPS) is 36.6. The van der Waals surface area contributed by atoms with Crippen molar-refractivity contribution in [1.82, 2.24) is 0 Å². The van der Waals surface area contributed by atoms with Crippen LogP contribution in [0.3, 0.4) is 0 Å². The lowest BCUT2D eigenvalue weighted by Crippen LogP contribution is -2.47. The molecule has 2 N–H and O–H groups in total. The summed E-state index contributed by atoms with van der Waals surface area (Å²) in [6.07, 6.45) is 2.17. The maximum absolute atomic E-state index is 9.44. The second-order valence-electron chi connectivity index (χ2n) is 6.36. The highest BCUT2D eigenvalue weighted by Gasteiger charge is 2.59. The number of hydrogen-bond acceptors (Lipinski definition) is 2. The lowest BCUT2D eigenvalue weighted by atomic mass is 9.54. The molecule has 2 aliphatic carbocycles. The highest BCUT2D eigenvalue weighted by atomic mass is 14.8. The zero-order valence-electron chi connectivity index (χ0n) is 11.8. The standard InChI is InChI=1S/C17H20N2/c1-11-13(10-18)15(19)17(3)14-7-5-4-6-12(14)8-9-16(11,17)2/h4-7,11H,8-9,19H2,1-3H3/t11-,16-,17+/m0/s1. The summed E-state index contributed by atoms with van der Waals surface area (Å²) in [6, 6.07) is 10.9. The molecule has 0 spiro atoms. The predicted octanol–water partition coefficient (Wildman–Crippen LogP) is 3.28. The van der Waals surface area contributed by atoms with Crippen molar-refractivity contribution in [2.45, 2.75) is 39.0 Å². The second-order valence-corrected chi connectivity index (χ2v) is 6.36. The third kappa shape index (κ3) is 1.21. The van der Waals surface area contributed by atoms with E-state index in [0.29, 0.717) is 0 Å². The SMILES string of the molecule is C[C@H]1C(C#N)=C(N)[C@@]2(C)c3ccccc3CC[C@@]12C. The first kappa shape index (κ1) is 12.3. The molecule has 0 aliphatic heterocycles. The van der Waals surface area contributed by atoms with E-state index in [0.717, 1.165) is 24.1 Å². The summed E-state index contributed by atoms with van der Waals surface area (Å²) < 4.78 is 0. The molecule has 0 aromatic heterocycles. The van der Waals surface area contributed by atoms with Crippen molar-refractivity contribution in [2.24, 2.45) is 17.1 Å². The number of nitriles is 1. The second kappa shape index (κ2) is 3.63. The predicted molar refractivity (Wildman–Crippen MR) is 76.2 cm³/mol. The summed E-state index contributed by atoms with van der Waals surface area (Å²) in [5, 5.41) is 9.44. The van der Waals surface area contributed by atoms with Gasteiger partial charge in [0.1, 0.15) is 0 Å². The molecule has 1 aromatic rings. The van der Waals surface area contributed by atoms with Crippen LogP contribution in [0.25, 0.3) is 0 Å². The molecule has 2 nitrogen and oxygen atoms in total. The van der Waals surface area contributed by atoms with Crippen molar-refractivity contribution in [3.8, 4) is 6.07 Å². The molecule has 2 aliphatic rings. The van der Waals surface area contributed by atoms with Crippen molar-refractivity contribution in [2.75, 3.05) is 0 Å². The Morgan fingerprint density at radius 1 is 1.32 bits per heavy atom. The molecule has 0 unspecified atom stereocenters. The Balaban J connectivity index is 2.33. The molecule has 0 radical (unpaired) electrons. The Morgan fingerprint density at radius 3 is 2.68 bits per heavy atom. The summed E-state index contributed by atoms with van der Waals surface area (Å²) in [6.45, 7) is 6.68. The number of nitrogens with zero attached hydrogens (tertiary/aromatic N) is 1. The molecule has 3 rings (SSSR count). The molecule has 19 heavy (non-hydrogen) atoms. The van der Waals surface area contributed by atoms with Gasteiger partial charge in [-0.2, -0.15) is 5.26 Å². The first-order valence-corrected chi connectivity index (χ1v) is 6.95. The summed E-state index contributed by atoms with van der Waals surface area (Å²) in [7, 11) is 0. The maximum atomic E-state index is 9.44. The van der Waals surface area contributed by atoms with Gasteiger partial charge < -0.3 is 5.73 Å². The van der Waals surface area contributed by atoms with Crippen molar-refractivity contribution in [3.05, 3.63) is 46.7 Å². The molecule has 2 heteroatoms. The number of nitrogens with two attached hydrogens (primary N) is 1. The fourth-order valence-electron chi connectivity index (χ4n) is 4.26. The third-order valence-corrected chi connectivity index (χ3v) is 5.95. The topological polar surface area (TPSA) is 49.8 Å². The van der Waals surface area contributed by atoms with Crippen LogP contribution >= 0.6 is 0 Å². The molecule has 0 saturated carbocycles. The van der Waals surface area contributed by atoms with Gasteiger partial charge in [-0.1, -0.05) is 38.1 Å². The smallest absolute Gasteiger partial charge is 0.0968 e. The molecule has 0 amide bonds. The lowest BCUT2D eigenvalue weighted by molar-refractivity contribution is 0.126. The van der Waals surface area contributed by atoms with Crippen LogP contribution in [0, 0.1) is 22.7 Å². The van der Waals surface area contributed by atoms with Gasteiger partial charge in [0, 0.05) is 11.1 Å². The minimum absolute atomic E-state index is 0.0521. The zero-order chi connectivity index (χ0) is 13.8. The number of hydrogen-bond donors (Lipinski definition) is 1. The third-order valence-electron chi connectivity index (χ3n) is 5.95. The van der Waals surface area contributed by atoms with Gasteiger partial charge in [-0.05, 0) is 42.2 Å². The molecular weight excluding hydrogens is 232 g/mol.